The molecule has 0 saturated carbocycles. The number of rotatable bonds is 4. The van der Waals surface area contributed by atoms with Gasteiger partial charge in [0.15, 0.2) is 0 Å². The third kappa shape index (κ3) is 3.28. The maximum Gasteiger partial charge on any atom is 0.253 e. The fourth-order valence-corrected chi connectivity index (χ4v) is 3.36. The summed E-state index contributed by atoms with van der Waals surface area (Å²) in [5.74, 6) is 1.58. The van der Waals surface area contributed by atoms with E-state index in [4.69, 9.17) is 14.2 Å². The maximum absolute atomic E-state index is 12.8. The lowest BCUT2D eigenvalue weighted by molar-refractivity contribution is -0.146. The van der Waals surface area contributed by atoms with Gasteiger partial charge in [0, 0.05) is 31.3 Å². The SMILES string of the molecule is COc1ccc(C2CCCN2C(=O)C2CNCCO2)c(OC)c1. The predicted molar refractivity (Wildman–Crippen MR) is 85.8 cm³/mol. The van der Waals surface area contributed by atoms with Gasteiger partial charge in [0.2, 0.25) is 0 Å². The highest BCUT2D eigenvalue weighted by atomic mass is 16.5. The number of hydrogen-bond donors (Lipinski definition) is 1. The van der Waals surface area contributed by atoms with E-state index < -0.39 is 0 Å². The molecule has 2 unspecified atom stereocenters. The van der Waals surface area contributed by atoms with Gasteiger partial charge >= 0.3 is 0 Å². The summed E-state index contributed by atoms with van der Waals surface area (Å²) in [6, 6.07) is 5.81. The largest absolute Gasteiger partial charge is 0.497 e. The van der Waals surface area contributed by atoms with Crippen molar-refractivity contribution in [3.63, 3.8) is 0 Å². The van der Waals surface area contributed by atoms with Gasteiger partial charge in [-0.1, -0.05) is 0 Å². The number of carbonyl (C=O) groups excluding carboxylic acids is 1. The molecule has 0 bridgehead atoms. The van der Waals surface area contributed by atoms with E-state index in [2.05, 4.69) is 5.32 Å². The third-order valence-electron chi connectivity index (χ3n) is 4.54. The van der Waals surface area contributed by atoms with Crippen molar-refractivity contribution in [2.24, 2.45) is 0 Å². The molecule has 1 N–H and O–H groups in total. The van der Waals surface area contributed by atoms with Gasteiger partial charge < -0.3 is 24.4 Å². The molecule has 1 aromatic carbocycles. The predicted octanol–water partition coefficient (Wildman–Crippen LogP) is 1.36. The molecule has 1 amide bonds. The van der Waals surface area contributed by atoms with Crippen LogP contribution in [0.3, 0.4) is 0 Å². The molecule has 3 rings (SSSR count). The van der Waals surface area contributed by atoms with Gasteiger partial charge in [-0.25, -0.2) is 0 Å². The van der Waals surface area contributed by atoms with Crippen molar-refractivity contribution in [1.82, 2.24) is 10.2 Å². The number of hydrogen-bond acceptors (Lipinski definition) is 5. The topological polar surface area (TPSA) is 60.0 Å². The lowest BCUT2D eigenvalue weighted by atomic mass is 10.0. The fraction of sp³-hybridized carbons (Fsp3) is 0.588. The molecule has 2 saturated heterocycles. The smallest absolute Gasteiger partial charge is 0.253 e. The lowest BCUT2D eigenvalue weighted by Gasteiger charge is -2.31. The fourth-order valence-electron chi connectivity index (χ4n) is 3.36. The standard InChI is InChI=1S/C17H24N2O4/c1-21-12-5-6-13(15(10-12)22-2)14-4-3-8-19(14)17(20)16-11-18-7-9-23-16/h5-6,10,14,16,18H,3-4,7-9,11H2,1-2H3. The van der Waals surface area contributed by atoms with Crippen LogP contribution in [0.15, 0.2) is 18.2 Å². The van der Waals surface area contributed by atoms with Gasteiger partial charge in [0.25, 0.3) is 5.91 Å². The first-order valence-electron chi connectivity index (χ1n) is 8.09. The summed E-state index contributed by atoms with van der Waals surface area (Å²) in [5.41, 5.74) is 1.03. The number of methoxy groups -OCH3 is 2. The van der Waals surface area contributed by atoms with Crippen LogP contribution in [0.2, 0.25) is 0 Å². The second-order valence-electron chi connectivity index (χ2n) is 5.86. The van der Waals surface area contributed by atoms with Crippen molar-refractivity contribution >= 4 is 5.91 Å². The van der Waals surface area contributed by atoms with Crippen molar-refractivity contribution in [3.8, 4) is 11.5 Å². The number of benzene rings is 1. The minimum absolute atomic E-state index is 0.0360. The molecule has 0 spiro atoms. The summed E-state index contributed by atoms with van der Waals surface area (Å²) in [5, 5.41) is 3.22. The molecule has 2 aliphatic heterocycles. The number of nitrogens with one attached hydrogen (secondary N) is 1. The van der Waals surface area contributed by atoms with Gasteiger partial charge in [-0.15, -0.1) is 0 Å². The molecule has 2 atom stereocenters. The van der Waals surface area contributed by atoms with E-state index in [0.29, 0.717) is 13.2 Å². The van der Waals surface area contributed by atoms with Crippen molar-refractivity contribution < 1.29 is 19.0 Å². The normalized spacial score (nSPS) is 24.5. The Morgan fingerprint density at radius 2 is 2.22 bits per heavy atom. The molecular weight excluding hydrogens is 296 g/mol. The van der Waals surface area contributed by atoms with Crippen LogP contribution in [0.5, 0.6) is 11.5 Å². The first kappa shape index (κ1) is 16.1. The van der Waals surface area contributed by atoms with E-state index >= 15 is 0 Å². The molecule has 0 aromatic heterocycles. The number of ether oxygens (including phenoxy) is 3. The highest BCUT2D eigenvalue weighted by Gasteiger charge is 2.36. The van der Waals surface area contributed by atoms with E-state index in [9.17, 15) is 4.79 Å². The molecule has 2 aliphatic rings. The van der Waals surface area contributed by atoms with Crippen molar-refractivity contribution in [1.29, 1.82) is 0 Å². The second-order valence-corrected chi connectivity index (χ2v) is 5.86. The first-order chi connectivity index (χ1) is 11.2. The molecule has 0 aliphatic carbocycles. The highest BCUT2D eigenvalue weighted by Crippen LogP contribution is 2.39. The van der Waals surface area contributed by atoms with Crippen LogP contribution in [-0.4, -0.2) is 57.4 Å². The molecule has 0 radical (unpaired) electrons. The lowest BCUT2D eigenvalue weighted by Crippen LogP contribution is -2.49. The molecule has 6 heteroatoms. The zero-order valence-corrected chi connectivity index (χ0v) is 13.7. The number of likely N-dealkylation sites (tertiary alicyclic amines) is 1. The van der Waals surface area contributed by atoms with Crippen LogP contribution in [0.25, 0.3) is 0 Å². The zero-order chi connectivity index (χ0) is 16.2. The molecule has 126 valence electrons. The summed E-state index contributed by atoms with van der Waals surface area (Å²) < 4.78 is 16.4. The van der Waals surface area contributed by atoms with Crippen LogP contribution >= 0.6 is 0 Å². The monoisotopic (exact) mass is 320 g/mol. The van der Waals surface area contributed by atoms with Gasteiger partial charge in [-0.3, -0.25) is 4.79 Å². The molecule has 23 heavy (non-hydrogen) atoms. The van der Waals surface area contributed by atoms with Gasteiger partial charge in [0.05, 0.1) is 26.9 Å². The van der Waals surface area contributed by atoms with Crippen molar-refractivity contribution in [2.45, 2.75) is 25.0 Å². The second kappa shape index (κ2) is 7.19. The molecule has 2 fully saturated rings. The van der Waals surface area contributed by atoms with Gasteiger partial charge in [-0.05, 0) is 25.0 Å². The average molecular weight is 320 g/mol. The maximum atomic E-state index is 12.8. The third-order valence-corrected chi connectivity index (χ3v) is 4.54. The minimum atomic E-state index is -0.381. The molecular formula is C17H24N2O4. The van der Waals surface area contributed by atoms with Crippen LogP contribution in [-0.2, 0) is 9.53 Å². The number of amides is 1. The van der Waals surface area contributed by atoms with Crippen LogP contribution in [0, 0.1) is 0 Å². The van der Waals surface area contributed by atoms with Crippen LogP contribution in [0.4, 0.5) is 0 Å². The van der Waals surface area contributed by atoms with Crippen molar-refractivity contribution in [2.75, 3.05) is 40.5 Å². The summed E-state index contributed by atoms with van der Waals surface area (Å²) in [6.07, 6.45) is 1.55. The van der Waals surface area contributed by atoms with E-state index in [-0.39, 0.29) is 18.1 Å². The Morgan fingerprint density at radius 1 is 1.35 bits per heavy atom. The Kier molecular flexibility index (Phi) is 5.03. The zero-order valence-electron chi connectivity index (χ0n) is 13.7. The summed E-state index contributed by atoms with van der Waals surface area (Å²) in [7, 11) is 3.28. The highest BCUT2D eigenvalue weighted by molar-refractivity contribution is 5.82. The van der Waals surface area contributed by atoms with E-state index in [1.807, 2.05) is 23.1 Å². The van der Waals surface area contributed by atoms with E-state index in [1.54, 1.807) is 14.2 Å². The van der Waals surface area contributed by atoms with Gasteiger partial charge in [-0.2, -0.15) is 0 Å². The number of nitrogens with zero attached hydrogens (tertiary/aromatic N) is 1. The van der Waals surface area contributed by atoms with Crippen LogP contribution < -0.4 is 14.8 Å². The van der Waals surface area contributed by atoms with E-state index in [0.717, 1.165) is 43.0 Å². The summed E-state index contributed by atoms with van der Waals surface area (Å²) in [4.78, 5) is 14.7. The Morgan fingerprint density at radius 3 is 2.91 bits per heavy atom. The first-order valence-corrected chi connectivity index (χ1v) is 8.09. The number of morpholine rings is 1. The Balaban J connectivity index is 1.82. The average Bonchev–Trinajstić information content (AvgIpc) is 3.10. The van der Waals surface area contributed by atoms with E-state index in [1.165, 1.54) is 0 Å². The Bertz CT molecular complexity index is 558. The minimum Gasteiger partial charge on any atom is -0.497 e. The molecule has 1 aromatic rings. The summed E-state index contributed by atoms with van der Waals surface area (Å²) in [6.45, 7) is 2.74. The summed E-state index contributed by atoms with van der Waals surface area (Å²) >= 11 is 0. The Hall–Kier alpha value is -1.79. The molecule has 6 nitrogen and oxygen atoms in total. The quantitative estimate of drug-likeness (QED) is 0.907. The van der Waals surface area contributed by atoms with Crippen LogP contribution in [0.1, 0.15) is 24.4 Å². The van der Waals surface area contributed by atoms with Crippen molar-refractivity contribution in [3.05, 3.63) is 23.8 Å². The Labute approximate surface area is 136 Å². The molecule has 2 heterocycles. The van der Waals surface area contributed by atoms with Gasteiger partial charge in [0.1, 0.15) is 17.6 Å². The number of carbonyl (C=O) groups is 1.